The van der Waals surface area contributed by atoms with Crippen LogP contribution in [0.1, 0.15) is 5.56 Å². The first kappa shape index (κ1) is 14.5. The number of hydrogen-bond donors (Lipinski definition) is 1. The Kier molecular flexibility index (Phi) is 3.50. The van der Waals surface area contributed by atoms with Gasteiger partial charge in [-0.3, -0.25) is 4.40 Å². The predicted molar refractivity (Wildman–Crippen MR) is 95.0 cm³/mol. The summed E-state index contributed by atoms with van der Waals surface area (Å²) in [5.41, 5.74) is 4.69. The molecule has 1 N–H and O–H groups in total. The average molecular weight is 317 g/mol. The number of anilines is 2. The zero-order valence-electron chi connectivity index (χ0n) is 13.2. The molecule has 0 aliphatic heterocycles. The molecule has 0 amide bonds. The van der Waals surface area contributed by atoms with Crippen molar-refractivity contribution in [3.63, 3.8) is 0 Å². The van der Waals surface area contributed by atoms with Gasteiger partial charge in [0.25, 0.3) is 0 Å². The number of aromatic nitrogens is 2. The van der Waals surface area contributed by atoms with Gasteiger partial charge in [0.1, 0.15) is 23.0 Å². The van der Waals surface area contributed by atoms with Crippen molar-refractivity contribution in [2.45, 2.75) is 6.92 Å². The van der Waals surface area contributed by atoms with Crippen LogP contribution in [-0.4, -0.2) is 9.38 Å². The summed E-state index contributed by atoms with van der Waals surface area (Å²) < 4.78 is 15.2. The smallest absolute Gasteiger partial charge is 0.143 e. The van der Waals surface area contributed by atoms with E-state index in [0.29, 0.717) is 0 Å². The molecule has 0 aliphatic rings. The number of nitrogens with one attached hydrogen (secondary N) is 1. The lowest BCUT2D eigenvalue weighted by atomic mass is 10.1. The van der Waals surface area contributed by atoms with Gasteiger partial charge in [-0.2, -0.15) is 0 Å². The van der Waals surface area contributed by atoms with E-state index in [9.17, 15) is 4.39 Å². The summed E-state index contributed by atoms with van der Waals surface area (Å²) in [6.45, 7) is 2.06. The third-order valence-electron chi connectivity index (χ3n) is 3.96. The van der Waals surface area contributed by atoms with Gasteiger partial charge in [-0.1, -0.05) is 23.8 Å². The van der Waals surface area contributed by atoms with E-state index in [1.165, 1.54) is 17.7 Å². The van der Waals surface area contributed by atoms with Crippen LogP contribution in [0.15, 0.2) is 72.9 Å². The Bertz CT molecular complexity index is 986. The molecule has 24 heavy (non-hydrogen) atoms. The molecule has 0 aliphatic carbocycles. The summed E-state index contributed by atoms with van der Waals surface area (Å²) in [4.78, 5) is 4.70. The highest BCUT2D eigenvalue weighted by Gasteiger charge is 2.14. The third kappa shape index (κ3) is 2.63. The van der Waals surface area contributed by atoms with Gasteiger partial charge in [0, 0.05) is 17.4 Å². The second-order valence-corrected chi connectivity index (χ2v) is 5.74. The molecule has 2 aromatic heterocycles. The van der Waals surface area contributed by atoms with Crippen molar-refractivity contribution in [1.29, 1.82) is 0 Å². The summed E-state index contributed by atoms with van der Waals surface area (Å²) in [5, 5.41) is 3.44. The minimum Gasteiger partial charge on any atom is -0.339 e. The molecule has 0 unspecified atom stereocenters. The molecule has 118 valence electrons. The van der Waals surface area contributed by atoms with Crippen LogP contribution in [0.2, 0.25) is 0 Å². The van der Waals surface area contributed by atoms with Crippen LogP contribution >= 0.6 is 0 Å². The van der Waals surface area contributed by atoms with Crippen LogP contribution in [0.4, 0.5) is 15.9 Å². The van der Waals surface area contributed by atoms with E-state index in [1.807, 2.05) is 40.9 Å². The molecule has 3 nitrogen and oxygen atoms in total. The molecule has 0 spiro atoms. The quantitative estimate of drug-likeness (QED) is 0.563. The third-order valence-corrected chi connectivity index (χ3v) is 3.96. The molecular formula is C20H16FN3. The molecule has 4 heteroatoms. The summed E-state index contributed by atoms with van der Waals surface area (Å²) in [6.07, 6.45) is 1.96. The first-order valence-corrected chi connectivity index (χ1v) is 7.77. The van der Waals surface area contributed by atoms with Gasteiger partial charge in [-0.15, -0.1) is 0 Å². The zero-order chi connectivity index (χ0) is 16.5. The molecule has 4 rings (SSSR count). The first-order valence-electron chi connectivity index (χ1n) is 7.77. The molecule has 0 saturated heterocycles. The standard InChI is InChI=1S/C20H16FN3/c1-14-5-11-17(12-6-14)22-20-19(15-7-9-16(21)10-8-15)23-18-4-2-3-13-24(18)20/h2-13,22H,1H3. The van der Waals surface area contributed by atoms with E-state index in [0.717, 1.165) is 28.4 Å². The Morgan fingerprint density at radius 3 is 2.42 bits per heavy atom. The first-order chi connectivity index (χ1) is 11.7. The predicted octanol–water partition coefficient (Wildman–Crippen LogP) is 5.19. The van der Waals surface area contributed by atoms with Crippen molar-refractivity contribution < 1.29 is 4.39 Å². The highest BCUT2D eigenvalue weighted by molar-refractivity contribution is 5.79. The second-order valence-electron chi connectivity index (χ2n) is 5.74. The van der Waals surface area contributed by atoms with Crippen LogP contribution in [0, 0.1) is 12.7 Å². The number of rotatable bonds is 3. The van der Waals surface area contributed by atoms with Gasteiger partial charge in [0.05, 0.1) is 0 Å². The van der Waals surface area contributed by atoms with Gasteiger partial charge in [-0.05, 0) is 55.5 Å². The summed E-state index contributed by atoms with van der Waals surface area (Å²) in [5.74, 6) is 0.608. The second kappa shape index (κ2) is 5.81. The van der Waals surface area contributed by atoms with Gasteiger partial charge in [0.15, 0.2) is 0 Å². The molecule has 2 heterocycles. The van der Waals surface area contributed by atoms with E-state index in [2.05, 4.69) is 24.4 Å². The highest BCUT2D eigenvalue weighted by atomic mass is 19.1. The van der Waals surface area contributed by atoms with Gasteiger partial charge >= 0.3 is 0 Å². The number of fused-ring (bicyclic) bond motifs is 1. The van der Waals surface area contributed by atoms with E-state index >= 15 is 0 Å². The Balaban J connectivity index is 1.86. The lowest BCUT2D eigenvalue weighted by Crippen LogP contribution is -1.96. The van der Waals surface area contributed by atoms with Crippen LogP contribution in [0.5, 0.6) is 0 Å². The monoisotopic (exact) mass is 317 g/mol. The number of aryl methyl sites for hydroxylation is 1. The van der Waals surface area contributed by atoms with Crippen molar-refractivity contribution in [2.75, 3.05) is 5.32 Å². The number of hydrogen-bond acceptors (Lipinski definition) is 2. The number of imidazole rings is 1. The molecule has 0 fully saturated rings. The van der Waals surface area contributed by atoms with Crippen molar-refractivity contribution >= 4 is 17.2 Å². The van der Waals surface area contributed by atoms with Gasteiger partial charge in [-0.25, -0.2) is 9.37 Å². The van der Waals surface area contributed by atoms with Crippen molar-refractivity contribution in [2.24, 2.45) is 0 Å². The maximum Gasteiger partial charge on any atom is 0.143 e. The van der Waals surface area contributed by atoms with Crippen molar-refractivity contribution in [3.8, 4) is 11.3 Å². The lowest BCUT2D eigenvalue weighted by Gasteiger charge is -2.09. The number of benzene rings is 2. The van der Waals surface area contributed by atoms with E-state index < -0.39 is 0 Å². The maximum absolute atomic E-state index is 13.3. The van der Waals surface area contributed by atoms with Crippen LogP contribution < -0.4 is 5.32 Å². The largest absolute Gasteiger partial charge is 0.339 e. The van der Waals surface area contributed by atoms with Gasteiger partial charge in [0.2, 0.25) is 0 Å². The van der Waals surface area contributed by atoms with Crippen molar-refractivity contribution in [3.05, 3.63) is 84.3 Å². The summed E-state index contributed by atoms with van der Waals surface area (Å²) in [7, 11) is 0. The Morgan fingerprint density at radius 1 is 0.917 bits per heavy atom. The van der Waals surface area contributed by atoms with Crippen LogP contribution in [0.3, 0.4) is 0 Å². The Labute approximate surface area is 139 Å². The Hall–Kier alpha value is -3.14. The van der Waals surface area contributed by atoms with Crippen LogP contribution in [0.25, 0.3) is 16.9 Å². The van der Waals surface area contributed by atoms with Crippen LogP contribution in [-0.2, 0) is 0 Å². The number of nitrogens with zero attached hydrogens (tertiary/aromatic N) is 2. The lowest BCUT2D eigenvalue weighted by molar-refractivity contribution is 0.628. The van der Waals surface area contributed by atoms with Gasteiger partial charge < -0.3 is 5.32 Å². The minimum atomic E-state index is -0.254. The Morgan fingerprint density at radius 2 is 1.67 bits per heavy atom. The molecular weight excluding hydrogens is 301 g/mol. The zero-order valence-corrected chi connectivity index (χ0v) is 13.2. The fraction of sp³-hybridized carbons (Fsp3) is 0.0500. The maximum atomic E-state index is 13.3. The fourth-order valence-electron chi connectivity index (χ4n) is 2.70. The molecule has 2 aromatic carbocycles. The van der Waals surface area contributed by atoms with Crippen molar-refractivity contribution in [1.82, 2.24) is 9.38 Å². The number of halogens is 1. The van der Waals surface area contributed by atoms with E-state index in [-0.39, 0.29) is 5.82 Å². The minimum absolute atomic E-state index is 0.254. The number of pyridine rings is 1. The SMILES string of the molecule is Cc1ccc(Nc2c(-c3ccc(F)cc3)nc3ccccn23)cc1. The highest BCUT2D eigenvalue weighted by Crippen LogP contribution is 2.31. The summed E-state index contributed by atoms with van der Waals surface area (Å²) >= 11 is 0. The normalized spacial score (nSPS) is 10.9. The molecule has 4 aromatic rings. The molecule has 0 bridgehead atoms. The molecule has 0 atom stereocenters. The summed E-state index contributed by atoms with van der Waals surface area (Å²) in [6, 6.07) is 20.5. The van der Waals surface area contributed by atoms with E-state index in [4.69, 9.17) is 4.98 Å². The fourth-order valence-corrected chi connectivity index (χ4v) is 2.70. The molecule has 0 saturated carbocycles. The topological polar surface area (TPSA) is 29.3 Å². The van der Waals surface area contributed by atoms with E-state index in [1.54, 1.807) is 12.1 Å². The molecule has 0 radical (unpaired) electrons. The average Bonchev–Trinajstić information content (AvgIpc) is 2.96.